The SMILES string of the molecule is COc1ccc(-n2c3nc4ccccc4nc3c3c(=O)n(CC(C)C)cnc32)cc1. The minimum Gasteiger partial charge on any atom is -0.497 e. The molecule has 0 aliphatic rings. The molecule has 0 saturated heterocycles. The second-order valence-corrected chi connectivity index (χ2v) is 7.71. The number of fused-ring (bicyclic) bond motifs is 4. The molecule has 7 nitrogen and oxygen atoms in total. The van der Waals surface area contributed by atoms with Crippen LogP contribution >= 0.6 is 0 Å². The van der Waals surface area contributed by atoms with E-state index in [0.717, 1.165) is 22.5 Å². The first-order chi connectivity index (χ1) is 14.6. The molecule has 0 aliphatic carbocycles. The Morgan fingerprint density at radius 1 is 0.967 bits per heavy atom. The Labute approximate surface area is 172 Å². The molecular formula is C23H21N5O2. The highest BCUT2D eigenvalue weighted by Gasteiger charge is 2.21. The van der Waals surface area contributed by atoms with E-state index in [1.165, 1.54) is 0 Å². The zero-order valence-corrected chi connectivity index (χ0v) is 17.0. The fourth-order valence-electron chi connectivity index (χ4n) is 3.77. The average molecular weight is 399 g/mol. The van der Waals surface area contributed by atoms with Gasteiger partial charge < -0.3 is 4.74 Å². The zero-order valence-electron chi connectivity index (χ0n) is 17.0. The monoisotopic (exact) mass is 399 g/mol. The van der Waals surface area contributed by atoms with Crippen molar-refractivity contribution in [3.05, 3.63) is 65.2 Å². The molecule has 0 atom stereocenters. The fraction of sp³-hybridized carbons (Fsp3) is 0.217. The van der Waals surface area contributed by atoms with Gasteiger partial charge in [-0.1, -0.05) is 26.0 Å². The van der Waals surface area contributed by atoms with Crippen LogP contribution in [0.4, 0.5) is 0 Å². The molecule has 5 aromatic rings. The molecule has 3 aromatic heterocycles. The fourth-order valence-corrected chi connectivity index (χ4v) is 3.77. The Hall–Kier alpha value is -3.74. The molecule has 150 valence electrons. The molecule has 0 radical (unpaired) electrons. The molecule has 0 saturated carbocycles. The van der Waals surface area contributed by atoms with Gasteiger partial charge in [0.2, 0.25) is 0 Å². The summed E-state index contributed by atoms with van der Waals surface area (Å²) in [6.45, 7) is 4.74. The topological polar surface area (TPSA) is 74.8 Å². The summed E-state index contributed by atoms with van der Waals surface area (Å²) in [5.41, 5.74) is 3.98. The minimum atomic E-state index is -0.101. The lowest BCUT2D eigenvalue weighted by atomic mass is 10.2. The van der Waals surface area contributed by atoms with Gasteiger partial charge in [0.05, 0.1) is 24.5 Å². The van der Waals surface area contributed by atoms with Crippen molar-refractivity contribution in [3.8, 4) is 11.4 Å². The third-order valence-corrected chi connectivity index (χ3v) is 5.12. The van der Waals surface area contributed by atoms with Gasteiger partial charge in [0.15, 0.2) is 11.3 Å². The average Bonchev–Trinajstić information content (AvgIpc) is 3.07. The van der Waals surface area contributed by atoms with E-state index < -0.39 is 0 Å². The summed E-state index contributed by atoms with van der Waals surface area (Å²) in [4.78, 5) is 27.7. The molecule has 0 spiro atoms. The maximum Gasteiger partial charge on any atom is 0.265 e. The zero-order chi connectivity index (χ0) is 20.8. The summed E-state index contributed by atoms with van der Waals surface area (Å²) in [5.74, 6) is 1.08. The summed E-state index contributed by atoms with van der Waals surface area (Å²) in [7, 11) is 1.63. The van der Waals surface area contributed by atoms with Crippen LogP contribution in [0.3, 0.4) is 0 Å². The Bertz CT molecular complexity index is 1450. The van der Waals surface area contributed by atoms with Crippen LogP contribution in [0.1, 0.15) is 13.8 Å². The number of benzene rings is 2. The summed E-state index contributed by atoms with van der Waals surface area (Å²) in [5, 5.41) is 0.488. The molecule has 0 fully saturated rings. The molecule has 0 N–H and O–H groups in total. The van der Waals surface area contributed by atoms with E-state index in [0.29, 0.717) is 34.7 Å². The van der Waals surface area contributed by atoms with Crippen molar-refractivity contribution in [2.75, 3.05) is 7.11 Å². The summed E-state index contributed by atoms with van der Waals surface area (Å²) < 4.78 is 8.83. The van der Waals surface area contributed by atoms with Crippen molar-refractivity contribution >= 4 is 33.2 Å². The Morgan fingerprint density at radius 2 is 1.67 bits per heavy atom. The highest BCUT2D eigenvalue weighted by Crippen LogP contribution is 2.29. The number of para-hydroxylation sites is 2. The van der Waals surface area contributed by atoms with Crippen LogP contribution in [-0.2, 0) is 6.54 Å². The predicted octanol–water partition coefficient (Wildman–Crippen LogP) is 3.95. The number of hydrogen-bond donors (Lipinski definition) is 0. The molecule has 0 aliphatic heterocycles. The van der Waals surface area contributed by atoms with E-state index in [-0.39, 0.29) is 5.56 Å². The van der Waals surface area contributed by atoms with Crippen molar-refractivity contribution < 1.29 is 4.74 Å². The van der Waals surface area contributed by atoms with Crippen LogP contribution in [0, 0.1) is 5.92 Å². The first-order valence-electron chi connectivity index (χ1n) is 9.87. The normalized spacial score (nSPS) is 11.7. The second-order valence-electron chi connectivity index (χ2n) is 7.71. The van der Waals surface area contributed by atoms with Crippen LogP contribution in [0.25, 0.3) is 38.9 Å². The van der Waals surface area contributed by atoms with Crippen LogP contribution in [0.5, 0.6) is 5.75 Å². The molecule has 7 heteroatoms. The number of nitrogens with zero attached hydrogens (tertiary/aromatic N) is 5. The van der Waals surface area contributed by atoms with Gasteiger partial charge in [-0.05, 0) is 42.3 Å². The van der Waals surface area contributed by atoms with E-state index in [1.54, 1.807) is 18.0 Å². The van der Waals surface area contributed by atoms with Gasteiger partial charge in [-0.15, -0.1) is 0 Å². The van der Waals surface area contributed by atoms with Gasteiger partial charge in [-0.2, -0.15) is 0 Å². The van der Waals surface area contributed by atoms with Gasteiger partial charge in [-0.25, -0.2) is 15.0 Å². The minimum absolute atomic E-state index is 0.101. The highest BCUT2D eigenvalue weighted by molar-refractivity contribution is 6.05. The molecule has 30 heavy (non-hydrogen) atoms. The third kappa shape index (κ3) is 2.82. The first kappa shape index (κ1) is 18.3. The van der Waals surface area contributed by atoms with Crippen molar-refractivity contribution in [1.29, 1.82) is 0 Å². The number of hydrogen-bond acceptors (Lipinski definition) is 5. The van der Waals surface area contributed by atoms with Crippen molar-refractivity contribution in [1.82, 2.24) is 24.1 Å². The molecule has 0 amide bonds. The summed E-state index contributed by atoms with van der Waals surface area (Å²) >= 11 is 0. The van der Waals surface area contributed by atoms with Gasteiger partial charge in [0, 0.05) is 12.2 Å². The van der Waals surface area contributed by atoms with E-state index >= 15 is 0 Å². The predicted molar refractivity (Wildman–Crippen MR) is 117 cm³/mol. The molecular weight excluding hydrogens is 378 g/mol. The van der Waals surface area contributed by atoms with Crippen LogP contribution in [0.2, 0.25) is 0 Å². The largest absolute Gasteiger partial charge is 0.497 e. The molecule has 3 heterocycles. The lowest BCUT2D eigenvalue weighted by molar-refractivity contribution is 0.415. The summed E-state index contributed by atoms with van der Waals surface area (Å²) in [6, 6.07) is 15.3. The molecule has 0 unspecified atom stereocenters. The Morgan fingerprint density at radius 3 is 2.33 bits per heavy atom. The third-order valence-electron chi connectivity index (χ3n) is 5.12. The molecule has 5 rings (SSSR count). The smallest absolute Gasteiger partial charge is 0.265 e. The highest BCUT2D eigenvalue weighted by atomic mass is 16.5. The maximum atomic E-state index is 13.4. The Kier molecular flexibility index (Phi) is 4.24. The standard InChI is InChI=1S/C23H21N5O2/c1-14(2)12-27-13-24-21-19(23(27)29)20-22(26-18-7-5-4-6-17(18)25-20)28(21)15-8-10-16(30-3)11-9-15/h4-11,13-14H,12H2,1-3H3. The van der Waals surface area contributed by atoms with Crippen molar-refractivity contribution in [2.24, 2.45) is 5.92 Å². The molecule has 2 aromatic carbocycles. The lowest BCUT2D eigenvalue weighted by Crippen LogP contribution is -2.23. The van der Waals surface area contributed by atoms with Crippen LogP contribution < -0.4 is 10.3 Å². The van der Waals surface area contributed by atoms with Gasteiger partial charge in [-0.3, -0.25) is 13.9 Å². The van der Waals surface area contributed by atoms with E-state index in [4.69, 9.17) is 14.7 Å². The molecule has 0 bridgehead atoms. The Balaban J connectivity index is 1.91. The van der Waals surface area contributed by atoms with Crippen molar-refractivity contribution in [2.45, 2.75) is 20.4 Å². The lowest BCUT2D eigenvalue weighted by Gasteiger charge is -2.09. The van der Waals surface area contributed by atoms with Crippen LogP contribution in [0.15, 0.2) is 59.7 Å². The van der Waals surface area contributed by atoms with Gasteiger partial charge >= 0.3 is 0 Å². The van der Waals surface area contributed by atoms with Crippen LogP contribution in [-0.4, -0.2) is 31.2 Å². The second kappa shape index (κ2) is 6.95. The quantitative estimate of drug-likeness (QED) is 0.457. The summed E-state index contributed by atoms with van der Waals surface area (Å²) in [6.07, 6.45) is 1.61. The maximum absolute atomic E-state index is 13.4. The number of rotatable bonds is 4. The van der Waals surface area contributed by atoms with Gasteiger partial charge in [0.1, 0.15) is 16.7 Å². The number of methoxy groups -OCH3 is 1. The van der Waals surface area contributed by atoms with E-state index in [1.807, 2.05) is 53.1 Å². The van der Waals surface area contributed by atoms with Crippen molar-refractivity contribution in [3.63, 3.8) is 0 Å². The number of ether oxygens (including phenoxy) is 1. The van der Waals surface area contributed by atoms with E-state index in [9.17, 15) is 4.79 Å². The van der Waals surface area contributed by atoms with E-state index in [2.05, 4.69) is 18.8 Å². The first-order valence-corrected chi connectivity index (χ1v) is 9.87. The van der Waals surface area contributed by atoms with Gasteiger partial charge in [0.25, 0.3) is 5.56 Å². The number of aromatic nitrogens is 5.